The summed E-state index contributed by atoms with van der Waals surface area (Å²) in [5.41, 5.74) is 5.56. The van der Waals surface area contributed by atoms with Crippen LogP contribution in [0.5, 0.6) is 0 Å². The first kappa shape index (κ1) is 16.4. The van der Waals surface area contributed by atoms with Crippen LogP contribution in [0.25, 0.3) is 0 Å². The van der Waals surface area contributed by atoms with Gasteiger partial charge < -0.3 is 20.9 Å². The SMILES string of the molecule is CCCC(N)C(=O)NC(CCC(=O)OC)C(=O)O. The summed E-state index contributed by atoms with van der Waals surface area (Å²) in [6.45, 7) is 1.87. The molecule has 0 heterocycles. The average Bonchev–Trinajstić information content (AvgIpc) is 2.33. The van der Waals surface area contributed by atoms with Crippen molar-refractivity contribution in [2.24, 2.45) is 5.73 Å². The van der Waals surface area contributed by atoms with Crippen molar-refractivity contribution in [1.82, 2.24) is 5.32 Å². The Kier molecular flexibility index (Phi) is 7.69. The Hall–Kier alpha value is -1.63. The quantitative estimate of drug-likeness (QED) is 0.513. The fraction of sp³-hybridized carbons (Fsp3) is 0.727. The molecule has 0 aliphatic rings. The van der Waals surface area contributed by atoms with Crippen molar-refractivity contribution < 1.29 is 24.2 Å². The Morgan fingerprint density at radius 1 is 1.33 bits per heavy atom. The second-order valence-electron chi connectivity index (χ2n) is 3.91. The first-order valence-corrected chi connectivity index (χ1v) is 5.77. The number of nitrogens with two attached hydrogens (primary N) is 1. The van der Waals surface area contributed by atoms with Crippen LogP contribution in [0.4, 0.5) is 0 Å². The van der Waals surface area contributed by atoms with E-state index in [9.17, 15) is 14.4 Å². The number of carboxylic acids is 1. The van der Waals surface area contributed by atoms with Gasteiger partial charge >= 0.3 is 11.9 Å². The predicted molar refractivity (Wildman–Crippen MR) is 63.7 cm³/mol. The third-order valence-corrected chi connectivity index (χ3v) is 2.42. The minimum absolute atomic E-state index is 0.0212. The lowest BCUT2D eigenvalue weighted by molar-refractivity contribution is -0.144. The smallest absolute Gasteiger partial charge is 0.326 e. The van der Waals surface area contributed by atoms with Gasteiger partial charge in [0.2, 0.25) is 5.91 Å². The number of esters is 1. The molecular weight excluding hydrogens is 240 g/mol. The van der Waals surface area contributed by atoms with E-state index in [2.05, 4.69) is 10.1 Å². The topological polar surface area (TPSA) is 119 Å². The van der Waals surface area contributed by atoms with E-state index in [0.29, 0.717) is 6.42 Å². The highest BCUT2D eigenvalue weighted by atomic mass is 16.5. The van der Waals surface area contributed by atoms with Crippen molar-refractivity contribution in [1.29, 1.82) is 0 Å². The molecule has 0 aromatic carbocycles. The molecule has 7 heteroatoms. The van der Waals surface area contributed by atoms with E-state index in [1.54, 1.807) is 0 Å². The maximum absolute atomic E-state index is 11.5. The van der Waals surface area contributed by atoms with Gasteiger partial charge in [-0.2, -0.15) is 0 Å². The molecule has 0 aromatic rings. The first-order valence-electron chi connectivity index (χ1n) is 5.77. The molecule has 0 bridgehead atoms. The average molecular weight is 260 g/mol. The molecule has 0 fully saturated rings. The normalized spacial score (nSPS) is 13.5. The Bertz CT molecular complexity index is 306. The number of methoxy groups -OCH3 is 1. The summed E-state index contributed by atoms with van der Waals surface area (Å²) in [5, 5.41) is 11.2. The number of ether oxygens (including phenoxy) is 1. The van der Waals surface area contributed by atoms with Crippen LogP contribution in [0, 0.1) is 0 Å². The third kappa shape index (κ3) is 6.19. The van der Waals surface area contributed by atoms with Crippen LogP contribution in [-0.4, -0.2) is 42.1 Å². The molecule has 0 rings (SSSR count). The van der Waals surface area contributed by atoms with Crippen molar-refractivity contribution in [3.63, 3.8) is 0 Å². The number of nitrogens with one attached hydrogen (secondary N) is 1. The van der Waals surface area contributed by atoms with Crippen LogP contribution in [-0.2, 0) is 19.1 Å². The molecule has 0 aliphatic heterocycles. The first-order chi connectivity index (χ1) is 8.42. The molecule has 2 unspecified atom stereocenters. The van der Waals surface area contributed by atoms with Crippen molar-refractivity contribution in [3.8, 4) is 0 Å². The maximum Gasteiger partial charge on any atom is 0.326 e. The third-order valence-electron chi connectivity index (χ3n) is 2.42. The molecule has 0 aliphatic carbocycles. The fourth-order valence-corrected chi connectivity index (χ4v) is 1.34. The Morgan fingerprint density at radius 2 is 1.94 bits per heavy atom. The lowest BCUT2D eigenvalue weighted by Gasteiger charge is -2.17. The van der Waals surface area contributed by atoms with Crippen LogP contribution in [0.15, 0.2) is 0 Å². The van der Waals surface area contributed by atoms with Crippen molar-refractivity contribution in [2.75, 3.05) is 7.11 Å². The monoisotopic (exact) mass is 260 g/mol. The number of hydrogen-bond acceptors (Lipinski definition) is 5. The van der Waals surface area contributed by atoms with E-state index in [1.807, 2.05) is 6.92 Å². The summed E-state index contributed by atoms with van der Waals surface area (Å²) in [5.74, 6) is -2.24. The van der Waals surface area contributed by atoms with Gasteiger partial charge in [0.15, 0.2) is 0 Å². The molecule has 18 heavy (non-hydrogen) atoms. The van der Waals surface area contributed by atoms with E-state index in [0.717, 1.165) is 6.42 Å². The second kappa shape index (κ2) is 8.46. The summed E-state index contributed by atoms with van der Waals surface area (Å²) in [6.07, 6.45) is 1.12. The molecule has 0 spiro atoms. The van der Waals surface area contributed by atoms with E-state index >= 15 is 0 Å². The summed E-state index contributed by atoms with van der Waals surface area (Å²) in [6, 6.07) is -1.85. The van der Waals surface area contributed by atoms with Crippen molar-refractivity contribution >= 4 is 17.8 Å². The van der Waals surface area contributed by atoms with E-state index in [-0.39, 0.29) is 12.8 Å². The molecule has 7 nitrogen and oxygen atoms in total. The van der Waals surface area contributed by atoms with Crippen molar-refractivity contribution in [3.05, 3.63) is 0 Å². The molecule has 1 amide bonds. The molecule has 0 aromatic heterocycles. The number of aliphatic carboxylic acids is 1. The standard InChI is InChI=1S/C11H20N2O5/c1-3-4-7(12)10(15)13-8(11(16)17)5-6-9(14)18-2/h7-8H,3-6,12H2,1-2H3,(H,13,15)(H,16,17). The largest absolute Gasteiger partial charge is 0.480 e. The van der Waals surface area contributed by atoms with Crippen LogP contribution in [0.2, 0.25) is 0 Å². The van der Waals surface area contributed by atoms with Gasteiger partial charge in [-0.25, -0.2) is 4.79 Å². The fourth-order valence-electron chi connectivity index (χ4n) is 1.34. The van der Waals surface area contributed by atoms with Gasteiger partial charge in [0.25, 0.3) is 0 Å². The molecule has 0 saturated heterocycles. The van der Waals surface area contributed by atoms with Gasteiger partial charge in [0.05, 0.1) is 13.2 Å². The Morgan fingerprint density at radius 3 is 2.39 bits per heavy atom. The zero-order valence-electron chi connectivity index (χ0n) is 10.6. The lowest BCUT2D eigenvalue weighted by atomic mass is 10.1. The molecular formula is C11H20N2O5. The van der Waals surface area contributed by atoms with E-state index in [4.69, 9.17) is 10.8 Å². The number of amides is 1. The molecule has 4 N–H and O–H groups in total. The van der Waals surface area contributed by atoms with Crippen LogP contribution < -0.4 is 11.1 Å². The van der Waals surface area contributed by atoms with Crippen LogP contribution in [0.1, 0.15) is 32.6 Å². The van der Waals surface area contributed by atoms with Gasteiger partial charge in [0, 0.05) is 6.42 Å². The second-order valence-corrected chi connectivity index (χ2v) is 3.91. The lowest BCUT2D eigenvalue weighted by Crippen LogP contribution is -2.48. The Labute approximate surface area is 106 Å². The highest BCUT2D eigenvalue weighted by Crippen LogP contribution is 2.01. The summed E-state index contributed by atoms with van der Waals surface area (Å²) in [7, 11) is 1.22. The summed E-state index contributed by atoms with van der Waals surface area (Å²) >= 11 is 0. The van der Waals surface area contributed by atoms with Crippen LogP contribution in [0.3, 0.4) is 0 Å². The predicted octanol–water partition coefficient (Wildman–Crippen LogP) is -0.364. The Balaban J connectivity index is 4.31. The van der Waals surface area contributed by atoms with Gasteiger partial charge in [-0.1, -0.05) is 13.3 Å². The number of carboxylic acid groups (broad SMARTS) is 1. The molecule has 0 saturated carbocycles. The van der Waals surface area contributed by atoms with Gasteiger partial charge in [-0.3, -0.25) is 9.59 Å². The highest BCUT2D eigenvalue weighted by Gasteiger charge is 2.23. The number of rotatable bonds is 8. The van der Waals surface area contributed by atoms with Crippen LogP contribution >= 0.6 is 0 Å². The number of carbonyl (C=O) groups is 3. The molecule has 2 atom stereocenters. The molecule has 104 valence electrons. The van der Waals surface area contributed by atoms with Gasteiger partial charge in [-0.05, 0) is 12.8 Å². The number of carbonyl (C=O) groups excluding carboxylic acids is 2. The minimum atomic E-state index is -1.20. The van der Waals surface area contributed by atoms with E-state index in [1.165, 1.54) is 7.11 Å². The summed E-state index contributed by atoms with van der Waals surface area (Å²) in [4.78, 5) is 33.4. The maximum atomic E-state index is 11.5. The zero-order valence-corrected chi connectivity index (χ0v) is 10.6. The van der Waals surface area contributed by atoms with Gasteiger partial charge in [-0.15, -0.1) is 0 Å². The highest BCUT2D eigenvalue weighted by molar-refractivity contribution is 5.87. The zero-order chi connectivity index (χ0) is 14.1. The number of hydrogen-bond donors (Lipinski definition) is 3. The van der Waals surface area contributed by atoms with Gasteiger partial charge in [0.1, 0.15) is 6.04 Å². The molecule has 0 radical (unpaired) electrons. The van der Waals surface area contributed by atoms with E-state index < -0.39 is 29.9 Å². The summed E-state index contributed by atoms with van der Waals surface area (Å²) < 4.78 is 4.40. The minimum Gasteiger partial charge on any atom is -0.480 e. The van der Waals surface area contributed by atoms with Crippen molar-refractivity contribution in [2.45, 2.75) is 44.7 Å².